The van der Waals surface area contributed by atoms with Crippen molar-refractivity contribution in [3.05, 3.63) is 23.4 Å². The van der Waals surface area contributed by atoms with Gasteiger partial charge < -0.3 is 14.9 Å². The summed E-state index contributed by atoms with van der Waals surface area (Å²) in [5.41, 5.74) is 1.57. The first-order chi connectivity index (χ1) is 9.47. The minimum absolute atomic E-state index is 0.0481. The molecule has 2 aliphatic rings. The number of hydrogen-bond acceptors (Lipinski definition) is 4. The number of Topliss-reactive ketones (excluding diaryl/α,β-unsaturated/α-hetero) is 1. The van der Waals surface area contributed by atoms with Crippen LogP contribution in [-0.2, 0) is 6.42 Å². The van der Waals surface area contributed by atoms with Crippen molar-refractivity contribution in [3.63, 3.8) is 0 Å². The predicted octanol–water partition coefficient (Wildman–Crippen LogP) is 1.40. The Kier molecular flexibility index (Phi) is 2.88. The number of carbonyl (C=O) groups is 2. The first kappa shape index (κ1) is 12.9. The van der Waals surface area contributed by atoms with Gasteiger partial charge in [0.25, 0.3) is 0 Å². The van der Waals surface area contributed by atoms with Gasteiger partial charge in [-0.3, -0.25) is 4.79 Å². The van der Waals surface area contributed by atoms with Crippen LogP contribution in [0.15, 0.2) is 12.1 Å². The van der Waals surface area contributed by atoms with Crippen LogP contribution >= 0.6 is 0 Å². The summed E-state index contributed by atoms with van der Waals surface area (Å²) in [5, 5.41) is 9.16. The topological polar surface area (TPSA) is 73.7 Å². The highest BCUT2D eigenvalue weighted by Crippen LogP contribution is 2.35. The molecule has 0 unspecified atom stereocenters. The van der Waals surface area contributed by atoms with E-state index in [4.69, 9.17) is 5.11 Å². The highest BCUT2D eigenvalue weighted by molar-refractivity contribution is 5.92. The molecule has 1 fully saturated rings. The minimum atomic E-state index is -0.871. The third-order valence-electron chi connectivity index (χ3n) is 4.07. The number of hydrogen-bond donors (Lipinski definition) is 1. The van der Waals surface area contributed by atoms with Gasteiger partial charge in [-0.1, -0.05) is 6.07 Å². The fourth-order valence-corrected chi connectivity index (χ4v) is 3.19. The number of anilines is 1. The molecule has 0 spiro atoms. The molecular formula is C14H17N3O3. The highest BCUT2D eigenvalue weighted by Gasteiger charge is 2.40. The quantitative estimate of drug-likeness (QED) is 0.784. The summed E-state index contributed by atoms with van der Waals surface area (Å²) in [6, 6.07) is 3.88. The van der Waals surface area contributed by atoms with Crippen molar-refractivity contribution in [2.75, 3.05) is 18.0 Å². The molecule has 0 radical (unpaired) electrons. The molecular weight excluding hydrogens is 258 g/mol. The van der Waals surface area contributed by atoms with Gasteiger partial charge >= 0.3 is 6.09 Å². The normalized spacial score (nSPS) is 24.3. The summed E-state index contributed by atoms with van der Waals surface area (Å²) < 4.78 is 0. The van der Waals surface area contributed by atoms with Crippen LogP contribution in [0.4, 0.5) is 10.6 Å². The average Bonchev–Trinajstić information content (AvgIpc) is 2.75. The van der Waals surface area contributed by atoms with E-state index in [1.807, 2.05) is 13.0 Å². The molecule has 1 aromatic heterocycles. The van der Waals surface area contributed by atoms with Crippen LogP contribution in [0, 0.1) is 0 Å². The molecule has 3 rings (SSSR count). The summed E-state index contributed by atoms with van der Waals surface area (Å²) in [4.78, 5) is 30.7. The Morgan fingerprint density at radius 3 is 2.75 bits per heavy atom. The number of carbonyl (C=O) groups excluding carboxylic acids is 1. The number of ketones is 1. The first-order valence-corrected chi connectivity index (χ1v) is 6.74. The third kappa shape index (κ3) is 1.92. The summed E-state index contributed by atoms with van der Waals surface area (Å²) in [7, 11) is 0. The lowest BCUT2D eigenvalue weighted by molar-refractivity contribution is 0.101. The Balaban J connectivity index is 1.94. The molecule has 20 heavy (non-hydrogen) atoms. The van der Waals surface area contributed by atoms with Crippen LogP contribution in [0.25, 0.3) is 0 Å². The lowest BCUT2D eigenvalue weighted by Crippen LogP contribution is -2.58. The molecule has 0 aromatic carbocycles. The number of nitrogens with zero attached hydrogens (tertiary/aromatic N) is 3. The van der Waals surface area contributed by atoms with E-state index in [0.717, 1.165) is 17.8 Å². The van der Waals surface area contributed by atoms with Gasteiger partial charge in [0.1, 0.15) is 11.5 Å². The maximum atomic E-state index is 11.5. The van der Waals surface area contributed by atoms with Crippen LogP contribution < -0.4 is 4.90 Å². The lowest BCUT2D eigenvalue weighted by Gasteiger charge is -2.42. The van der Waals surface area contributed by atoms with E-state index in [9.17, 15) is 9.59 Å². The Bertz CT molecular complexity index is 587. The van der Waals surface area contributed by atoms with Gasteiger partial charge in [-0.25, -0.2) is 9.78 Å². The molecule has 2 aliphatic heterocycles. The molecule has 1 amide bonds. The SMILES string of the molecule is CC(=O)c1ccc2c(n1)N1[C@H](C2)CN(C(=O)O)C[C@H]1C. The fraction of sp³-hybridized carbons (Fsp3) is 0.500. The molecule has 1 aromatic rings. The molecule has 106 valence electrons. The second-order valence-corrected chi connectivity index (χ2v) is 5.54. The van der Waals surface area contributed by atoms with Crippen molar-refractivity contribution >= 4 is 17.7 Å². The molecule has 0 bridgehead atoms. The van der Waals surface area contributed by atoms with E-state index in [0.29, 0.717) is 18.8 Å². The first-order valence-electron chi connectivity index (χ1n) is 6.74. The summed E-state index contributed by atoms with van der Waals surface area (Å²) in [6.45, 7) is 4.47. The van der Waals surface area contributed by atoms with E-state index in [2.05, 4.69) is 9.88 Å². The Labute approximate surface area is 117 Å². The van der Waals surface area contributed by atoms with Crippen molar-refractivity contribution in [1.29, 1.82) is 0 Å². The molecule has 2 atom stereocenters. The Morgan fingerprint density at radius 1 is 1.35 bits per heavy atom. The van der Waals surface area contributed by atoms with E-state index in [1.165, 1.54) is 11.8 Å². The number of amides is 1. The van der Waals surface area contributed by atoms with Crippen molar-refractivity contribution in [2.45, 2.75) is 32.4 Å². The summed E-state index contributed by atoms with van der Waals surface area (Å²) in [6.07, 6.45) is -0.0842. The zero-order valence-corrected chi connectivity index (χ0v) is 11.5. The molecule has 6 nitrogen and oxygen atoms in total. The molecule has 3 heterocycles. The van der Waals surface area contributed by atoms with Gasteiger partial charge in [-0.2, -0.15) is 0 Å². The molecule has 1 saturated heterocycles. The number of rotatable bonds is 1. The number of pyridine rings is 1. The van der Waals surface area contributed by atoms with Crippen LogP contribution in [0.5, 0.6) is 0 Å². The summed E-state index contributed by atoms with van der Waals surface area (Å²) >= 11 is 0. The van der Waals surface area contributed by atoms with Gasteiger partial charge in [-0.15, -0.1) is 0 Å². The lowest BCUT2D eigenvalue weighted by atomic mass is 10.1. The smallest absolute Gasteiger partial charge is 0.407 e. The Morgan fingerprint density at radius 2 is 2.10 bits per heavy atom. The van der Waals surface area contributed by atoms with Crippen LogP contribution in [-0.4, -0.2) is 52.0 Å². The zero-order valence-electron chi connectivity index (χ0n) is 11.5. The minimum Gasteiger partial charge on any atom is -0.465 e. The van der Waals surface area contributed by atoms with Gasteiger partial charge in [0.2, 0.25) is 0 Å². The zero-order chi connectivity index (χ0) is 14.4. The second-order valence-electron chi connectivity index (χ2n) is 5.54. The standard InChI is InChI=1S/C14H17N3O3/c1-8-6-16(14(19)20)7-11-5-10-3-4-12(9(2)18)15-13(10)17(8)11/h3-4,8,11H,5-7H2,1-2H3,(H,19,20)/t8-,11-/m1/s1. The maximum absolute atomic E-state index is 11.5. The van der Waals surface area contributed by atoms with Crippen molar-refractivity contribution < 1.29 is 14.7 Å². The van der Waals surface area contributed by atoms with E-state index in [1.54, 1.807) is 6.07 Å². The van der Waals surface area contributed by atoms with Crippen molar-refractivity contribution in [1.82, 2.24) is 9.88 Å². The van der Waals surface area contributed by atoms with E-state index >= 15 is 0 Å². The van der Waals surface area contributed by atoms with E-state index in [-0.39, 0.29) is 17.9 Å². The average molecular weight is 275 g/mol. The number of piperazine rings is 1. The highest BCUT2D eigenvalue weighted by atomic mass is 16.4. The van der Waals surface area contributed by atoms with Gasteiger partial charge in [0.15, 0.2) is 5.78 Å². The number of aromatic nitrogens is 1. The molecule has 0 aliphatic carbocycles. The van der Waals surface area contributed by atoms with Crippen LogP contribution in [0.2, 0.25) is 0 Å². The van der Waals surface area contributed by atoms with Crippen LogP contribution in [0.1, 0.15) is 29.9 Å². The molecule has 6 heteroatoms. The van der Waals surface area contributed by atoms with E-state index < -0.39 is 6.09 Å². The van der Waals surface area contributed by atoms with Crippen molar-refractivity contribution in [3.8, 4) is 0 Å². The maximum Gasteiger partial charge on any atom is 0.407 e. The second kappa shape index (κ2) is 4.47. The fourth-order valence-electron chi connectivity index (χ4n) is 3.19. The third-order valence-corrected chi connectivity index (χ3v) is 4.07. The molecule has 0 saturated carbocycles. The van der Waals surface area contributed by atoms with Gasteiger partial charge in [0.05, 0.1) is 6.04 Å². The van der Waals surface area contributed by atoms with Crippen molar-refractivity contribution in [2.24, 2.45) is 0 Å². The van der Waals surface area contributed by atoms with Crippen LogP contribution in [0.3, 0.4) is 0 Å². The number of carboxylic acid groups (broad SMARTS) is 1. The molecule has 1 N–H and O–H groups in total. The van der Waals surface area contributed by atoms with Gasteiger partial charge in [-0.05, 0) is 25.0 Å². The summed E-state index contributed by atoms with van der Waals surface area (Å²) in [5.74, 6) is 0.799. The van der Waals surface area contributed by atoms with Gasteiger partial charge in [0, 0.05) is 26.1 Å². The number of fused-ring (bicyclic) bond motifs is 3. The predicted molar refractivity (Wildman–Crippen MR) is 73.3 cm³/mol. The Hall–Kier alpha value is -2.11. The largest absolute Gasteiger partial charge is 0.465 e. The monoisotopic (exact) mass is 275 g/mol.